The van der Waals surface area contributed by atoms with Gasteiger partial charge in [0.2, 0.25) is 0 Å². The maximum absolute atomic E-state index is 12.8. The van der Waals surface area contributed by atoms with Crippen molar-refractivity contribution in [1.29, 1.82) is 0 Å². The Labute approximate surface area is 418 Å². The van der Waals surface area contributed by atoms with Gasteiger partial charge < -0.3 is 14.2 Å². The summed E-state index contributed by atoms with van der Waals surface area (Å²) in [6.07, 6.45) is 76.2. The first kappa shape index (κ1) is 63.8. The number of ether oxygens (including phenoxy) is 3. The van der Waals surface area contributed by atoms with Gasteiger partial charge in [-0.2, -0.15) is 0 Å². The van der Waals surface area contributed by atoms with Crippen LogP contribution in [0.1, 0.15) is 233 Å². The zero-order valence-electron chi connectivity index (χ0n) is 43.8. The number of hydrogen-bond acceptors (Lipinski definition) is 6. The fraction of sp³-hybridized carbons (Fsp3) is 0.629. The molecule has 0 aliphatic rings. The first-order valence-electron chi connectivity index (χ1n) is 27.5. The van der Waals surface area contributed by atoms with Crippen LogP contribution in [0.2, 0.25) is 0 Å². The van der Waals surface area contributed by atoms with E-state index in [1.54, 1.807) is 0 Å². The second kappa shape index (κ2) is 55.4. The molecule has 0 rings (SSSR count). The molecule has 0 aliphatic heterocycles. The SMILES string of the molecule is CC/C=C\C/C=C\C/C=C\C/C=C\C/C=C\C/C=C\CCC(=O)OC[C@H](COC(=O)CCCCCCCCCCCCCC)OC(=O)CCCCC/C=C\C/C=C\C/C=C\C/C=C\CCCCC. The van der Waals surface area contributed by atoms with E-state index >= 15 is 0 Å². The minimum absolute atomic E-state index is 0.116. The Bertz CT molecular complexity index is 1450. The highest BCUT2D eigenvalue weighted by atomic mass is 16.6. The molecule has 1 atom stereocenters. The molecule has 384 valence electrons. The molecule has 68 heavy (non-hydrogen) atoms. The van der Waals surface area contributed by atoms with Crippen LogP contribution in [0, 0.1) is 0 Å². The molecule has 0 aromatic heterocycles. The summed E-state index contributed by atoms with van der Waals surface area (Å²) in [4.78, 5) is 38.0. The van der Waals surface area contributed by atoms with Gasteiger partial charge >= 0.3 is 17.9 Å². The summed E-state index contributed by atoms with van der Waals surface area (Å²) < 4.78 is 16.7. The average Bonchev–Trinajstić information content (AvgIpc) is 3.34. The molecule has 0 radical (unpaired) electrons. The smallest absolute Gasteiger partial charge is 0.306 e. The minimum atomic E-state index is -0.827. The van der Waals surface area contributed by atoms with Crippen LogP contribution in [0.5, 0.6) is 0 Å². The molecule has 0 spiro atoms. The van der Waals surface area contributed by atoms with Crippen LogP contribution in [-0.2, 0) is 28.6 Å². The standard InChI is InChI=1S/C62H100O6/c1-4-7-10-13-16-19-22-25-27-29-31-33-35-37-40-43-46-49-52-55-61(64)67-58-59(57-66-60(63)54-51-48-45-42-39-24-21-18-15-12-9-6-3)68-62(65)56-53-50-47-44-41-38-36-34-32-30-28-26-23-20-17-14-11-8-5-2/h7,10,16-17,19-20,25-28,31-34,37-38,40-41,46,49,59H,4-6,8-9,11-15,18,21-24,29-30,35-36,39,42-45,47-48,50-58H2,1-3H3/b10-7-,19-16-,20-17-,27-25-,28-26-,33-31-,34-32-,40-37-,41-38-,49-46-/t59-/m0/s1. The fourth-order valence-corrected chi connectivity index (χ4v) is 7.10. The van der Waals surface area contributed by atoms with Gasteiger partial charge in [0.05, 0.1) is 0 Å². The fourth-order valence-electron chi connectivity index (χ4n) is 7.10. The van der Waals surface area contributed by atoms with Crippen LogP contribution in [0.25, 0.3) is 0 Å². The van der Waals surface area contributed by atoms with Crippen LogP contribution in [0.3, 0.4) is 0 Å². The molecule has 0 bridgehead atoms. The first-order valence-corrected chi connectivity index (χ1v) is 27.5. The molecule has 6 nitrogen and oxygen atoms in total. The maximum Gasteiger partial charge on any atom is 0.306 e. The van der Waals surface area contributed by atoms with Crippen molar-refractivity contribution in [2.75, 3.05) is 13.2 Å². The van der Waals surface area contributed by atoms with E-state index < -0.39 is 6.10 Å². The second-order valence-corrected chi connectivity index (χ2v) is 17.8. The predicted octanol–water partition coefficient (Wildman–Crippen LogP) is 18.5. The third-order valence-corrected chi connectivity index (χ3v) is 11.2. The topological polar surface area (TPSA) is 78.9 Å². The van der Waals surface area contributed by atoms with Gasteiger partial charge in [-0.05, 0) is 103 Å². The van der Waals surface area contributed by atoms with Crippen molar-refractivity contribution >= 4 is 17.9 Å². The largest absolute Gasteiger partial charge is 0.462 e. The van der Waals surface area contributed by atoms with E-state index in [0.29, 0.717) is 19.3 Å². The Kier molecular flexibility index (Phi) is 52.0. The highest BCUT2D eigenvalue weighted by molar-refractivity contribution is 5.71. The molecule has 0 N–H and O–H groups in total. The Morgan fingerprint density at radius 1 is 0.309 bits per heavy atom. The lowest BCUT2D eigenvalue weighted by atomic mass is 10.0. The number of carbonyl (C=O) groups is 3. The molecule has 0 amide bonds. The van der Waals surface area contributed by atoms with Crippen LogP contribution >= 0.6 is 0 Å². The predicted molar refractivity (Wildman–Crippen MR) is 293 cm³/mol. The Hall–Kier alpha value is -4.19. The molecule has 6 heteroatoms. The Morgan fingerprint density at radius 3 is 1.01 bits per heavy atom. The summed E-state index contributed by atoms with van der Waals surface area (Å²) in [6.45, 7) is 6.39. The summed E-state index contributed by atoms with van der Waals surface area (Å²) in [6, 6.07) is 0. The van der Waals surface area contributed by atoms with E-state index in [1.807, 2.05) is 12.2 Å². The van der Waals surface area contributed by atoms with Gasteiger partial charge in [0.15, 0.2) is 6.10 Å². The number of esters is 3. The van der Waals surface area contributed by atoms with E-state index in [1.165, 1.54) is 83.5 Å². The second-order valence-electron chi connectivity index (χ2n) is 17.8. The number of carbonyl (C=O) groups excluding carboxylic acids is 3. The molecule has 0 aromatic carbocycles. The molecular formula is C62H100O6. The summed E-state index contributed by atoms with van der Waals surface area (Å²) in [5, 5.41) is 0. The summed E-state index contributed by atoms with van der Waals surface area (Å²) in [7, 11) is 0. The quantitative estimate of drug-likeness (QED) is 0.0262. The maximum atomic E-state index is 12.8. The van der Waals surface area contributed by atoms with Crippen molar-refractivity contribution < 1.29 is 28.6 Å². The van der Waals surface area contributed by atoms with Gasteiger partial charge in [-0.1, -0.05) is 232 Å². The Morgan fingerprint density at radius 2 is 0.603 bits per heavy atom. The van der Waals surface area contributed by atoms with E-state index in [9.17, 15) is 14.4 Å². The van der Waals surface area contributed by atoms with E-state index in [4.69, 9.17) is 14.2 Å². The Balaban J connectivity index is 4.56. The van der Waals surface area contributed by atoms with Crippen molar-refractivity contribution in [3.05, 3.63) is 122 Å². The number of unbranched alkanes of at least 4 members (excludes halogenated alkanes) is 17. The summed E-state index contributed by atoms with van der Waals surface area (Å²) >= 11 is 0. The van der Waals surface area contributed by atoms with E-state index in [0.717, 1.165) is 96.3 Å². The molecule has 0 saturated carbocycles. The lowest BCUT2D eigenvalue weighted by Crippen LogP contribution is -2.30. The van der Waals surface area contributed by atoms with Gasteiger partial charge in [-0.3, -0.25) is 14.4 Å². The van der Waals surface area contributed by atoms with E-state index in [2.05, 4.69) is 130 Å². The van der Waals surface area contributed by atoms with Crippen molar-refractivity contribution in [2.45, 2.75) is 239 Å². The first-order chi connectivity index (χ1) is 33.5. The zero-order valence-corrected chi connectivity index (χ0v) is 43.8. The lowest BCUT2D eigenvalue weighted by molar-refractivity contribution is -0.166. The minimum Gasteiger partial charge on any atom is -0.462 e. The van der Waals surface area contributed by atoms with Crippen LogP contribution in [-0.4, -0.2) is 37.2 Å². The van der Waals surface area contributed by atoms with Crippen molar-refractivity contribution in [3.63, 3.8) is 0 Å². The zero-order chi connectivity index (χ0) is 49.3. The van der Waals surface area contributed by atoms with Gasteiger partial charge in [0.25, 0.3) is 0 Å². The van der Waals surface area contributed by atoms with Crippen LogP contribution < -0.4 is 0 Å². The van der Waals surface area contributed by atoms with Crippen molar-refractivity contribution in [3.8, 4) is 0 Å². The van der Waals surface area contributed by atoms with Crippen molar-refractivity contribution in [2.24, 2.45) is 0 Å². The number of allylic oxidation sites excluding steroid dienone is 20. The molecule has 0 heterocycles. The van der Waals surface area contributed by atoms with Crippen LogP contribution in [0.4, 0.5) is 0 Å². The van der Waals surface area contributed by atoms with Crippen molar-refractivity contribution in [1.82, 2.24) is 0 Å². The molecule has 0 fully saturated rings. The normalized spacial score (nSPS) is 13.0. The highest BCUT2D eigenvalue weighted by Crippen LogP contribution is 2.14. The van der Waals surface area contributed by atoms with Gasteiger partial charge in [0.1, 0.15) is 13.2 Å². The molecular weight excluding hydrogens is 841 g/mol. The molecule has 0 saturated heterocycles. The third-order valence-electron chi connectivity index (χ3n) is 11.2. The van der Waals surface area contributed by atoms with Gasteiger partial charge in [-0.25, -0.2) is 0 Å². The van der Waals surface area contributed by atoms with E-state index in [-0.39, 0.29) is 44.0 Å². The third kappa shape index (κ3) is 52.8. The van der Waals surface area contributed by atoms with Crippen LogP contribution in [0.15, 0.2) is 122 Å². The molecule has 0 aliphatic carbocycles. The monoisotopic (exact) mass is 941 g/mol. The number of rotatable bonds is 48. The molecule has 0 aromatic rings. The summed E-state index contributed by atoms with van der Waals surface area (Å²) in [5.41, 5.74) is 0. The lowest BCUT2D eigenvalue weighted by Gasteiger charge is -2.18. The highest BCUT2D eigenvalue weighted by Gasteiger charge is 2.19. The number of hydrogen-bond donors (Lipinski definition) is 0. The van der Waals surface area contributed by atoms with Gasteiger partial charge in [-0.15, -0.1) is 0 Å². The molecule has 0 unspecified atom stereocenters. The van der Waals surface area contributed by atoms with Gasteiger partial charge in [0, 0.05) is 19.3 Å². The summed E-state index contributed by atoms with van der Waals surface area (Å²) in [5.74, 6) is -1.04. The average molecular weight is 941 g/mol.